The van der Waals surface area contributed by atoms with Crippen molar-refractivity contribution in [3.63, 3.8) is 0 Å². The third kappa shape index (κ3) is 2.53. The van der Waals surface area contributed by atoms with Crippen LogP contribution in [-0.2, 0) is 0 Å². The van der Waals surface area contributed by atoms with Gasteiger partial charge < -0.3 is 10.5 Å². The number of rotatable bonds is 2. The van der Waals surface area contributed by atoms with Crippen LogP contribution in [0.3, 0.4) is 0 Å². The summed E-state index contributed by atoms with van der Waals surface area (Å²) in [6.45, 7) is 0. The third-order valence-corrected chi connectivity index (χ3v) is 2.52. The SMILES string of the molecule is Nc1cc(Oc2ccc(Cl)c(Cl)c2)ncn1. The minimum Gasteiger partial charge on any atom is -0.439 e. The Bertz CT molecular complexity index is 519. The quantitative estimate of drug-likeness (QED) is 0.896. The van der Waals surface area contributed by atoms with Gasteiger partial charge in [-0.05, 0) is 12.1 Å². The highest BCUT2D eigenvalue weighted by atomic mass is 35.5. The lowest BCUT2D eigenvalue weighted by molar-refractivity contribution is 0.462. The normalized spacial score (nSPS) is 10.1. The molecule has 1 heterocycles. The number of nitrogens with two attached hydrogens (primary N) is 1. The van der Waals surface area contributed by atoms with Crippen molar-refractivity contribution in [1.82, 2.24) is 9.97 Å². The van der Waals surface area contributed by atoms with E-state index in [4.69, 9.17) is 33.7 Å². The molecule has 0 spiro atoms. The smallest absolute Gasteiger partial charge is 0.224 e. The van der Waals surface area contributed by atoms with Crippen molar-refractivity contribution in [2.45, 2.75) is 0 Å². The number of aromatic nitrogens is 2. The second-order valence-electron chi connectivity index (χ2n) is 2.96. The molecule has 1 aromatic carbocycles. The predicted octanol–water partition coefficient (Wildman–Crippen LogP) is 3.16. The van der Waals surface area contributed by atoms with Crippen LogP contribution in [-0.4, -0.2) is 9.97 Å². The van der Waals surface area contributed by atoms with Crippen LogP contribution in [0.15, 0.2) is 30.6 Å². The molecule has 0 aliphatic carbocycles. The van der Waals surface area contributed by atoms with Crippen molar-refractivity contribution in [3.05, 3.63) is 40.6 Å². The number of halogens is 2. The standard InChI is InChI=1S/C10H7Cl2N3O/c11-7-2-1-6(3-8(7)12)16-10-4-9(13)14-5-15-10/h1-5H,(H2,13,14,15). The Labute approximate surface area is 102 Å². The van der Waals surface area contributed by atoms with Gasteiger partial charge >= 0.3 is 0 Å². The molecule has 82 valence electrons. The maximum Gasteiger partial charge on any atom is 0.224 e. The molecule has 0 unspecified atom stereocenters. The van der Waals surface area contributed by atoms with E-state index in [2.05, 4.69) is 9.97 Å². The predicted molar refractivity (Wildman–Crippen MR) is 63.0 cm³/mol. The minimum absolute atomic E-state index is 0.338. The van der Waals surface area contributed by atoms with E-state index in [0.29, 0.717) is 27.5 Å². The van der Waals surface area contributed by atoms with Crippen molar-refractivity contribution < 1.29 is 4.74 Å². The summed E-state index contributed by atoms with van der Waals surface area (Å²) in [6.07, 6.45) is 1.32. The van der Waals surface area contributed by atoms with Crippen molar-refractivity contribution in [3.8, 4) is 11.6 Å². The molecule has 2 rings (SSSR count). The molecule has 0 aliphatic heterocycles. The minimum atomic E-state index is 0.338. The number of ether oxygens (including phenoxy) is 1. The van der Waals surface area contributed by atoms with Gasteiger partial charge in [-0.3, -0.25) is 0 Å². The molecule has 6 heteroatoms. The molecule has 0 radical (unpaired) electrons. The molecule has 0 bridgehead atoms. The van der Waals surface area contributed by atoms with E-state index in [-0.39, 0.29) is 0 Å². The fourth-order valence-electron chi connectivity index (χ4n) is 1.07. The van der Waals surface area contributed by atoms with Gasteiger partial charge in [0.2, 0.25) is 5.88 Å². The van der Waals surface area contributed by atoms with Crippen LogP contribution in [0.4, 0.5) is 5.82 Å². The average Bonchev–Trinajstić information content (AvgIpc) is 2.24. The highest BCUT2D eigenvalue weighted by molar-refractivity contribution is 6.42. The summed E-state index contributed by atoms with van der Waals surface area (Å²) in [5.74, 6) is 1.23. The van der Waals surface area contributed by atoms with E-state index >= 15 is 0 Å². The topological polar surface area (TPSA) is 61.0 Å². The molecule has 2 aromatic rings. The van der Waals surface area contributed by atoms with Crippen LogP contribution >= 0.6 is 23.2 Å². The summed E-state index contributed by atoms with van der Waals surface area (Å²) in [4.78, 5) is 7.65. The number of benzene rings is 1. The second kappa shape index (κ2) is 4.55. The van der Waals surface area contributed by atoms with Crippen molar-refractivity contribution in [2.75, 3.05) is 5.73 Å². The Hall–Kier alpha value is -1.52. The summed E-state index contributed by atoms with van der Waals surface area (Å²) < 4.78 is 5.42. The maximum absolute atomic E-state index is 5.84. The zero-order valence-corrected chi connectivity index (χ0v) is 9.53. The van der Waals surface area contributed by atoms with Gasteiger partial charge in [-0.2, -0.15) is 0 Å². The first-order chi connectivity index (χ1) is 7.65. The van der Waals surface area contributed by atoms with Crippen molar-refractivity contribution in [1.29, 1.82) is 0 Å². The van der Waals surface area contributed by atoms with Gasteiger partial charge in [0.05, 0.1) is 10.0 Å². The Kier molecular flexibility index (Phi) is 3.12. The van der Waals surface area contributed by atoms with Gasteiger partial charge in [0.25, 0.3) is 0 Å². The number of hydrogen-bond donors (Lipinski definition) is 1. The van der Waals surface area contributed by atoms with E-state index in [9.17, 15) is 0 Å². The fourth-order valence-corrected chi connectivity index (χ4v) is 1.36. The Balaban J connectivity index is 2.24. The monoisotopic (exact) mass is 255 g/mol. The van der Waals surface area contributed by atoms with Gasteiger partial charge in [0, 0.05) is 12.1 Å². The third-order valence-electron chi connectivity index (χ3n) is 1.78. The number of anilines is 1. The molecule has 4 nitrogen and oxygen atoms in total. The average molecular weight is 256 g/mol. The van der Waals surface area contributed by atoms with Crippen LogP contribution in [0.25, 0.3) is 0 Å². The lowest BCUT2D eigenvalue weighted by atomic mass is 10.3. The molecule has 0 amide bonds. The molecule has 16 heavy (non-hydrogen) atoms. The largest absolute Gasteiger partial charge is 0.439 e. The zero-order chi connectivity index (χ0) is 11.5. The fraction of sp³-hybridized carbons (Fsp3) is 0. The Morgan fingerprint density at radius 2 is 1.88 bits per heavy atom. The van der Waals surface area contributed by atoms with Crippen LogP contribution in [0.2, 0.25) is 10.0 Å². The summed E-state index contributed by atoms with van der Waals surface area (Å²) in [6, 6.07) is 6.45. The van der Waals surface area contributed by atoms with Crippen molar-refractivity contribution >= 4 is 29.0 Å². The summed E-state index contributed by atoms with van der Waals surface area (Å²) in [7, 11) is 0. The molecule has 0 saturated carbocycles. The highest BCUT2D eigenvalue weighted by Gasteiger charge is 2.03. The van der Waals surface area contributed by atoms with E-state index in [1.54, 1.807) is 18.2 Å². The Morgan fingerprint density at radius 1 is 1.06 bits per heavy atom. The first-order valence-corrected chi connectivity index (χ1v) is 5.11. The van der Waals surface area contributed by atoms with Crippen LogP contribution in [0.1, 0.15) is 0 Å². The van der Waals surface area contributed by atoms with E-state index in [0.717, 1.165) is 0 Å². The molecule has 1 aromatic heterocycles. The van der Waals surface area contributed by atoms with Crippen molar-refractivity contribution in [2.24, 2.45) is 0 Å². The lowest BCUT2D eigenvalue weighted by Crippen LogP contribution is -1.93. The van der Waals surface area contributed by atoms with Gasteiger partial charge in [-0.25, -0.2) is 9.97 Å². The first-order valence-electron chi connectivity index (χ1n) is 4.35. The highest BCUT2D eigenvalue weighted by Crippen LogP contribution is 2.28. The van der Waals surface area contributed by atoms with Gasteiger partial charge in [-0.15, -0.1) is 0 Å². The number of nitrogen functional groups attached to an aromatic ring is 1. The summed E-state index contributed by atoms with van der Waals surface area (Å²) in [5, 5.41) is 0.886. The number of hydrogen-bond acceptors (Lipinski definition) is 4. The zero-order valence-electron chi connectivity index (χ0n) is 8.02. The van der Waals surface area contributed by atoms with Crippen LogP contribution < -0.4 is 10.5 Å². The van der Waals surface area contributed by atoms with Crippen LogP contribution in [0.5, 0.6) is 11.6 Å². The molecule has 2 N–H and O–H groups in total. The van der Waals surface area contributed by atoms with Crippen LogP contribution in [0, 0.1) is 0 Å². The molecule has 0 fully saturated rings. The molecular formula is C10H7Cl2N3O. The molecule has 0 aliphatic rings. The summed E-state index contributed by atoms with van der Waals surface area (Å²) in [5.41, 5.74) is 5.49. The first kappa shape index (κ1) is 11.0. The number of nitrogens with zero attached hydrogens (tertiary/aromatic N) is 2. The van der Waals surface area contributed by atoms with E-state index in [1.165, 1.54) is 12.4 Å². The summed E-state index contributed by atoms with van der Waals surface area (Å²) >= 11 is 11.6. The molecule has 0 saturated heterocycles. The molecule has 0 atom stereocenters. The van der Waals surface area contributed by atoms with E-state index in [1.807, 2.05) is 0 Å². The van der Waals surface area contributed by atoms with E-state index < -0.39 is 0 Å². The van der Waals surface area contributed by atoms with Gasteiger partial charge in [-0.1, -0.05) is 23.2 Å². The maximum atomic E-state index is 5.84. The lowest BCUT2D eigenvalue weighted by Gasteiger charge is -2.05. The molecular weight excluding hydrogens is 249 g/mol. The Morgan fingerprint density at radius 3 is 2.56 bits per heavy atom. The second-order valence-corrected chi connectivity index (χ2v) is 3.77. The van der Waals surface area contributed by atoms with Gasteiger partial charge in [0.1, 0.15) is 17.9 Å². The van der Waals surface area contributed by atoms with Gasteiger partial charge in [0.15, 0.2) is 0 Å².